The maximum Gasteiger partial charge on any atom is 0.0860 e. The number of rotatable bonds is 13. The van der Waals surface area contributed by atoms with Crippen molar-refractivity contribution in [2.45, 2.75) is 97.7 Å². The number of hydrogen-bond acceptors (Lipinski definition) is 2. The van der Waals surface area contributed by atoms with Gasteiger partial charge >= 0.3 is 0 Å². The predicted molar refractivity (Wildman–Crippen MR) is 97.4 cm³/mol. The van der Waals surface area contributed by atoms with E-state index in [1.165, 1.54) is 51.4 Å². The minimum absolute atomic E-state index is 0.488. The van der Waals surface area contributed by atoms with Gasteiger partial charge in [0.05, 0.1) is 12.2 Å². The molecule has 0 radical (unpaired) electrons. The fraction of sp³-hybridized carbons (Fsp3) is 0.900. The van der Waals surface area contributed by atoms with Crippen LogP contribution in [0, 0.1) is 5.92 Å². The fourth-order valence-corrected chi connectivity index (χ4v) is 2.17. The Morgan fingerprint density at radius 3 is 1.95 bits per heavy atom. The molecule has 0 aliphatic carbocycles. The van der Waals surface area contributed by atoms with Crippen molar-refractivity contribution in [1.29, 1.82) is 0 Å². The molecular formula is C20H40O2. The van der Waals surface area contributed by atoms with Gasteiger partial charge in [-0.2, -0.15) is 0 Å². The van der Waals surface area contributed by atoms with Crippen molar-refractivity contribution in [2.24, 2.45) is 5.92 Å². The summed E-state index contributed by atoms with van der Waals surface area (Å²) in [5.74, 6) is 0.648. The third kappa shape index (κ3) is 16.0. The van der Waals surface area contributed by atoms with Crippen LogP contribution in [-0.2, 0) is 9.47 Å². The van der Waals surface area contributed by atoms with Crippen molar-refractivity contribution in [3.63, 3.8) is 0 Å². The molecule has 0 spiro atoms. The Kier molecular flexibility index (Phi) is 15.3. The summed E-state index contributed by atoms with van der Waals surface area (Å²) in [5.41, 5.74) is 0. The van der Waals surface area contributed by atoms with Gasteiger partial charge in [0.25, 0.3) is 0 Å². The SMILES string of the molecule is C=CC(C)C.CCCCCCCCCCOCCC1OC1C. The number of epoxide rings is 1. The molecule has 0 amide bonds. The minimum atomic E-state index is 0.488. The van der Waals surface area contributed by atoms with Gasteiger partial charge < -0.3 is 9.47 Å². The summed E-state index contributed by atoms with van der Waals surface area (Å²) in [7, 11) is 0. The zero-order chi connectivity index (χ0) is 16.6. The molecule has 0 aromatic carbocycles. The van der Waals surface area contributed by atoms with E-state index in [2.05, 4.69) is 34.3 Å². The molecule has 22 heavy (non-hydrogen) atoms. The highest BCUT2D eigenvalue weighted by Crippen LogP contribution is 2.23. The van der Waals surface area contributed by atoms with Crippen molar-refractivity contribution in [3.05, 3.63) is 12.7 Å². The second-order valence-corrected chi connectivity index (χ2v) is 6.74. The molecule has 1 fully saturated rings. The molecule has 0 N–H and O–H groups in total. The molecule has 2 unspecified atom stereocenters. The van der Waals surface area contributed by atoms with Crippen molar-refractivity contribution in [2.75, 3.05) is 13.2 Å². The molecule has 0 saturated carbocycles. The summed E-state index contributed by atoms with van der Waals surface area (Å²) in [6.07, 6.45) is 14.9. The Morgan fingerprint density at radius 1 is 1.00 bits per heavy atom. The van der Waals surface area contributed by atoms with E-state index >= 15 is 0 Å². The summed E-state index contributed by atoms with van der Waals surface area (Å²) in [5, 5.41) is 0. The van der Waals surface area contributed by atoms with Gasteiger partial charge in [-0.15, -0.1) is 6.58 Å². The maximum atomic E-state index is 5.60. The predicted octanol–water partition coefficient (Wildman–Crippen LogP) is 6.15. The van der Waals surface area contributed by atoms with Crippen LogP contribution in [0.1, 0.15) is 85.5 Å². The van der Waals surface area contributed by atoms with E-state index in [1.54, 1.807) is 0 Å². The van der Waals surface area contributed by atoms with E-state index in [1.807, 2.05) is 6.08 Å². The first-order valence-electron chi connectivity index (χ1n) is 9.47. The monoisotopic (exact) mass is 312 g/mol. The lowest BCUT2D eigenvalue weighted by atomic mass is 10.1. The molecule has 132 valence electrons. The van der Waals surface area contributed by atoms with Crippen LogP contribution in [0.25, 0.3) is 0 Å². The standard InChI is InChI=1S/C15H30O2.C5H10/c1-3-4-5-6-7-8-9-10-12-16-13-11-15-14(2)17-15;1-4-5(2)3/h14-15H,3-13H2,1-2H3;4-5H,1H2,2-3H3. The Hall–Kier alpha value is -0.340. The molecule has 2 heteroatoms. The Morgan fingerprint density at radius 2 is 1.50 bits per heavy atom. The third-order valence-corrected chi connectivity index (χ3v) is 4.00. The normalized spacial score (nSPS) is 19.7. The summed E-state index contributed by atoms with van der Waals surface area (Å²) < 4.78 is 10.9. The van der Waals surface area contributed by atoms with Gasteiger partial charge in [0.1, 0.15) is 0 Å². The second-order valence-electron chi connectivity index (χ2n) is 6.74. The molecule has 0 aromatic rings. The molecule has 0 bridgehead atoms. The quantitative estimate of drug-likeness (QED) is 0.231. The van der Waals surface area contributed by atoms with E-state index < -0.39 is 0 Å². The van der Waals surface area contributed by atoms with Crippen LogP contribution in [0.3, 0.4) is 0 Å². The number of allylic oxidation sites excluding steroid dienone is 1. The number of ether oxygens (including phenoxy) is 2. The van der Waals surface area contributed by atoms with E-state index in [-0.39, 0.29) is 0 Å². The van der Waals surface area contributed by atoms with Crippen molar-refractivity contribution in [3.8, 4) is 0 Å². The second kappa shape index (κ2) is 15.6. The average Bonchev–Trinajstić information content (AvgIpc) is 3.21. The van der Waals surface area contributed by atoms with Crippen LogP contribution >= 0.6 is 0 Å². The van der Waals surface area contributed by atoms with Gasteiger partial charge in [0.2, 0.25) is 0 Å². The van der Waals surface area contributed by atoms with Crippen LogP contribution in [-0.4, -0.2) is 25.4 Å². The third-order valence-electron chi connectivity index (χ3n) is 4.00. The first kappa shape index (κ1) is 21.7. The smallest absolute Gasteiger partial charge is 0.0860 e. The molecule has 1 aliphatic heterocycles. The van der Waals surface area contributed by atoms with Crippen LogP contribution in [0.4, 0.5) is 0 Å². The van der Waals surface area contributed by atoms with Crippen molar-refractivity contribution >= 4 is 0 Å². The van der Waals surface area contributed by atoms with Gasteiger partial charge in [-0.25, -0.2) is 0 Å². The molecule has 1 rings (SSSR count). The van der Waals surface area contributed by atoms with Crippen molar-refractivity contribution in [1.82, 2.24) is 0 Å². The van der Waals surface area contributed by atoms with Crippen LogP contribution in [0.15, 0.2) is 12.7 Å². The van der Waals surface area contributed by atoms with E-state index in [0.717, 1.165) is 19.6 Å². The highest BCUT2D eigenvalue weighted by Gasteiger charge is 2.33. The number of unbranched alkanes of at least 4 members (excludes halogenated alkanes) is 7. The van der Waals surface area contributed by atoms with E-state index in [0.29, 0.717) is 18.1 Å². The van der Waals surface area contributed by atoms with Gasteiger partial charge in [0.15, 0.2) is 0 Å². The maximum absolute atomic E-state index is 5.60. The van der Waals surface area contributed by atoms with Gasteiger partial charge in [-0.1, -0.05) is 71.8 Å². The first-order chi connectivity index (χ1) is 10.6. The van der Waals surface area contributed by atoms with Crippen molar-refractivity contribution < 1.29 is 9.47 Å². The fourth-order valence-electron chi connectivity index (χ4n) is 2.17. The van der Waals surface area contributed by atoms with Crippen LogP contribution < -0.4 is 0 Å². The Balaban J connectivity index is 0.000000763. The summed E-state index contributed by atoms with van der Waals surface area (Å²) >= 11 is 0. The summed E-state index contributed by atoms with van der Waals surface area (Å²) in [6, 6.07) is 0. The lowest BCUT2D eigenvalue weighted by Crippen LogP contribution is -2.01. The minimum Gasteiger partial charge on any atom is -0.381 e. The first-order valence-corrected chi connectivity index (χ1v) is 9.47. The average molecular weight is 313 g/mol. The molecule has 1 saturated heterocycles. The molecule has 0 aromatic heterocycles. The molecule has 1 heterocycles. The van der Waals surface area contributed by atoms with E-state index in [9.17, 15) is 0 Å². The van der Waals surface area contributed by atoms with Crippen LogP contribution in [0.5, 0.6) is 0 Å². The van der Waals surface area contributed by atoms with E-state index in [4.69, 9.17) is 9.47 Å². The van der Waals surface area contributed by atoms with Gasteiger partial charge in [0, 0.05) is 13.2 Å². The molecule has 2 atom stereocenters. The Bertz CT molecular complexity index is 238. The summed E-state index contributed by atoms with van der Waals surface area (Å²) in [6.45, 7) is 14.0. The van der Waals surface area contributed by atoms with Crippen LogP contribution in [0.2, 0.25) is 0 Å². The molecular weight excluding hydrogens is 272 g/mol. The van der Waals surface area contributed by atoms with Gasteiger partial charge in [-0.3, -0.25) is 0 Å². The molecule has 1 aliphatic rings. The highest BCUT2D eigenvalue weighted by molar-refractivity contribution is 4.79. The highest BCUT2D eigenvalue weighted by atomic mass is 16.6. The largest absolute Gasteiger partial charge is 0.381 e. The molecule has 2 nitrogen and oxygen atoms in total. The van der Waals surface area contributed by atoms with Gasteiger partial charge in [-0.05, 0) is 25.7 Å². The topological polar surface area (TPSA) is 21.8 Å². The lowest BCUT2D eigenvalue weighted by molar-refractivity contribution is 0.121. The summed E-state index contributed by atoms with van der Waals surface area (Å²) in [4.78, 5) is 0. The number of hydrogen-bond donors (Lipinski definition) is 0. The Labute approximate surface area is 139 Å². The lowest BCUT2D eigenvalue weighted by Gasteiger charge is -2.03. The zero-order valence-corrected chi connectivity index (χ0v) is 15.6. The zero-order valence-electron chi connectivity index (χ0n) is 15.6.